The van der Waals surface area contributed by atoms with Crippen molar-refractivity contribution in [2.24, 2.45) is 7.05 Å². The summed E-state index contributed by atoms with van der Waals surface area (Å²) in [4.78, 5) is 24.1. The van der Waals surface area contributed by atoms with E-state index in [2.05, 4.69) is 30.7 Å². The summed E-state index contributed by atoms with van der Waals surface area (Å²) in [6.45, 7) is 0. The lowest BCUT2D eigenvalue weighted by Gasteiger charge is -2.09. The summed E-state index contributed by atoms with van der Waals surface area (Å²) in [6, 6.07) is 9.29. The number of hydrogen-bond donors (Lipinski definition) is 2. The first-order valence-electron chi connectivity index (χ1n) is 9.76. The Morgan fingerprint density at radius 1 is 0.970 bits per heavy atom. The molecule has 0 fully saturated rings. The number of aryl methyl sites for hydroxylation is 1. The van der Waals surface area contributed by atoms with Crippen LogP contribution >= 0.6 is 0 Å². The molecule has 1 aromatic carbocycles. The van der Waals surface area contributed by atoms with Gasteiger partial charge in [0.15, 0.2) is 0 Å². The summed E-state index contributed by atoms with van der Waals surface area (Å²) in [7, 11) is 1.81. The quantitative estimate of drug-likeness (QED) is 0.454. The van der Waals surface area contributed by atoms with Gasteiger partial charge in [0.25, 0.3) is 0 Å². The fourth-order valence-electron chi connectivity index (χ4n) is 3.03. The first-order chi connectivity index (χ1) is 15.8. The number of anilines is 3. The Morgan fingerprint density at radius 3 is 2.33 bits per heavy atom. The molecule has 168 valence electrons. The SMILES string of the molecule is Cn1cc(Nc2ncc(-c3ccc(CC(=O)Nc4ccnc(C(F)(F)F)c4)cc3)cn2)cn1. The average molecular weight is 453 g/mol. The van der Waals surface area contributed by atoms with E-state index in [4.69, 9.17) is 0 Å². The number of pyridine rings is 1. The molecule has 4 aromatic rings. The molecule has 0 spiro atoms. The third kappa shape index (κ3) is 5.70. The van der Waals surface area contributed by atoms with Crippen molar-refractivity contribution in [1.82, 2.24) is 24.7 Å². The summed E-state index contributed by atoms with van der Waals surface area (Å²) in [5.41, 5.74) is 2.10. The summed E-state index contributed by atoms with van der Waals surface area (Å²) in [5, 5.41) is 9.58. The van der Waals surface area contributed by atoms with Crippen LogP contribution in [-0.2, 0) is 24.4 Å². The van der Waals surface area contributed by atoms with E-state index < -0.39 is 17.8 Å². The Labute approximate surface area is 186 Å². The van der Waals surface area contributed by atoms with Crippen molar-refractivity contribution < 1.29 is 18.0 Å². The van der Waals surface area contributed by atoms with Gasteiger partial charge in [0.2, 0.25) is 11.9 Å². The van der Waals surface area contributed by atoms with Crippen LogP contribution in [0.4, 0.5) is 30.5 Å². The number of benzene rings is 1. The fraction of sp³-hybridized carbons (Fsp3) is 0.136. The molecule has 8 nitrogen and oxygen atoms in total. The summed E-state index contributed by atoms with van der Waals surface area (Å²) in [5.74, 6) is 0.000991. The predicted molar refractivity (Wildman–Crippen MR) is 116 cm³/mol. The van der Waals surface area contributed by atoms with Crippen molar-refractivity contribution in [2.45, 2.75) is 12.6 Å². The normalized spacial score (nSPS) is 11.3. The molecule has 3 aromatic heterocycles. The van der Waals surface area contributed by atoms with Crippen LogP contribution in [-0.4, -0.2) is 30.6 Å². The second-order valence-electron chi connectivity index (χ2n) is 7.17. The molecule has 2 N–H and O–H groups in total. The van der Waals surface area contributed by atoms with E-state index >= 15 is 0 Å². The van der Waals surface area contributed by atoms with Crippen molar-refractivity contribution in [3.8, 4) is 11.1 Å². The smallest absolute Gasteiger partial charge is 0.326 e. The van der Waals surface area contributed by atoms with Gasteiger partial charge < -0.3 is 10.6 Å². The van der Waals surface area contributed by atoms with E-state index in [1.807, 2.05) is 19.2 Å². The molecular formula is C22H18F3N7O. The maximum atomic E-state index is 12.8. The zero-order chi connectivity index (χ0) is 23.4. The third-order valence-electron chi connectivity index (χ3n) is 4.60. The number of carbonyl (C=O) groups is 1. The Kier molecular flexibility index (Phi) is 6.03. The molecule has 0 saturated heterocycles. The predicted octanol–water partition coefficient (Wildman–Crippen LogP) is 4.22. The number of rotatable bonds is 6. The topological polar surface area (TPSA) is 97.6 Å². The van der Waals surface area contributed by atoms with Gasteiger partial charge in [-0.1, -0.05) is 24.3 Å². The summed E-state index contributed by atoms with van der Waals surface area (Å²) < 4.78 is 39.9. The minimum atomic E-state index is -4.58. The van der Waals surface area contributed by atoms with Gasteiger partial charge in [-0.25, -0.2) is 9.97 Å². The van der Waals surface area contributed by atoms with Crippen LogP contribution in [0.3, 0.4) is 0 Å². The van der Waals surface area contributed by atoms with Gasteiger partial charge in [0.1, 0.15) is 5.69 Å². The highest BCUT2D eigenvalue weighted by Gasteiger charge is 2.32. The Bertz CT molecular complexity index is 1250. The Hall–Kier alpha value is -4.28. The standard InChI is InChI=1S/C22H18F3N7O/c1-32-13-18(12-29-32)31-21-27-10-16(11-28-21)15-4-2-14(3-5-15)8-20(33)30-17-6-7-26-19(9-17)22(23,24)25/h2-7,9-13H,8H2,1H3,(H,26,30,33)(H,27,28,31). The zero-order valence-electron chi connectivity index (χ0n) is 17.3. The van der Waals surface area contributed by atoms with Gasteiger partial charge in [-0.2, -0.15) is 18.3 Å². The van der Waals surface area contributed by atoms with Crippen LogP contribution in [0.15, 0.2) is 67.4 Å². The number of aromatic nitrogens is 5. The molecule has 0 aliphatic heterocycles. The van der Waals surface area contributed by atoms with Gasteiger partial charge in [-0.3, -0.25) is 14.5 Å². The third-order valence-corrected chi connectivity index (χ3v) is 4.60. The van der Waals surface area contributed by atoms with E-state index in [-0.39, 0.29) is 12.1 Å². The first-order valence-corrected chi connectivity index (χ1v) is 9.76. The second-order valence-corrected chi connectivity index (χ2v) is 7.17. The number of amides is 1. The maximum Gasteiger partial charge on any atom is 0.433 e. The van der Waals surface area contributed by atoms with Crippen molar-refractivity contribution in [3.63, 3.8) is 0 Å². The second kappa shape index (κ2) is 9.07. The van der Waals surface area contributed by atoms with E-state index in [0.717, 1.165) is 29.1 Å². The van der Waals surface area contributed by atoms with Crippen LogP contribution in [0.2, 0.25) is 0 Å². The largest absolute Gasteiger partial charge is 0.433 e. The molecule has 0 atom stereocenters. The molecule has 33 heavy (non-hydrogen) atoms. The minimum absolute atomic E-state index is 0.00836. The number of halogens is 3. The molecule has 11 heteroatoms. The highest BCUT2D eigenvalue weighted by molar-refractivity contribution is 5.92. The summed E-state index contributed by atoms with van der Waals surface area (Å²) >= 11 is 0. The van der Waals surface area contributed by atoms with E-state index in [1.54, 1.807) is 41.6 Å². The molecule has 3 heterocycles. The Balaban J connectivity index is 1.36. The number of carbonyl (C=O) groups excluding carboxylic acids is 1. The van der Waals surface area contributed by atoms with Crippen molar-refractivity contribution in [3.05, 3.63) is 78.6 Å². The van der Waals surface area contributed by atoms with Crippen LogP contribution in [0, 0.1) is 0 Å². The fourth-order valence-corrected chi connectivity index (χ4v) is 3.03. The van der Waals surface area contributed by atoms with Crippen molar-refractivity contribution in [1.29, 1.82) is 0 Å². The van der Waals surface area contributed by atoms with Crippen LogP contribution in [0.5, 0.6) is 0 Å². The van der Waals surface area contributed by atoms with Gasteiger partial charge in [0.05, 0.1) is 18.3 Å². The number of nitrogens with one attached hydrogen (secondary N) is 2. The molecule has 0 aliphatic rings. The lowest BCUT2D eigenvalue weighted by molar-refractivity contribution is -0.141. The monoisotopic (exact) mass is 453 g/mol. The average Bonchev–Trinajstić information content (AvgIpc) is 3.19. The Morgan fingerprint density at radius 2 is 1.70 bits per heavy atom. The molecule has 1 amide bonds. The molecular weight excluding hydrogens is 435 g/mol. The molecule has 0 bridgehead atoms. The van der Waals surface area contributed by atoms with Crippen LogP contribution in [0.1, 0.15) is 11.3 Å². The number of hydrogen-bond acceptors (Lipinski definition) is 6. The van der Waals surface area contributed by atoms with Gasteiger partial charge in [-0.05, 0) is 23.3 Å². The number of alkyl halides is 3. The minimum Gasteiger partial charge on any atom is -0.326 e. The number of nitrogens with zero attached hydrogens (tertiary/aromatic N) is 5. The van der Waals surface area contributed by atoms with Gasteiger partial charge in [-0.15, -0.1) is 0 Å². The highest BCUT2D eigenvalue weighted by Crippen LogP contribution is 2.29. The molecule has 0 saturated carbocycles. The van der Waals surface area contributed by atoms with E-state index in [0.29, 0.717) is 11.5 Å². The maximum absolute atomic E-state index is 12.8. The van der Waals surface area contributed by atoms with Crippen LogP contribution in [0.25, 0.3) is 11.1 Å². The molecule has 0 aliphatic carbocycles. The summed E-state index contributed by atoms with van der Waals surface area (Å²) in [6.07, 6.45) is 3.25. The van der Waals surface area contributed by atoms with E-state index in [9.17, 15) is 18.0 Å². The first kappa shape index (κ1) is 21.9. The molecule has 0 radical (unpaired) electrons. The highest BCUT2D eigenvalue weighted by atomic mass is 19.4. The van der Waals surface area contributed by atoms with Crippen molar-refractivity contribution >= 4 is 23.2 Å². The lowest BCUT2D eigenvalue weighted by Crippen LogP contribution is -2.15. The van der Waals surface area contributed by atoms with Gasteiger partial charge in [0, 0.05) is 43.1 Å². The lowest BCUT2D eigenvalue weighted by atomic mass is 10.0. The molecule has 4 rings (SSSR count). The van der Waals surface area contributed by atoms with Gasteiger partial charge >= 0.3 is 6.18 Å². The van der Waals surface area contributed by atoms with Crippen molar-refractivity contribution in [2.75, 3.05) is 10.6 Å². The van der Waals surface area contributed by atoms with Crippen LogP contribution < -0.4 is 10.6 Å². The van der Waals surface area contributed by atoms with E-state index in [1.165, 1.54) is 6.07 Å². The zero-order valence-corrected chi connectivity index (χ0v) is 17.3. The molecule has 0 unspecified atom stereocenters.